The lowest BCUT2D eigenvalue weighted by Crippen LogP contribution is -2.35. The summed E-state index contributed by atoms with van der Waals surface area (Å²) in [6.45, 7) is 2.10. The van der Waals surface area contributed by atoms with Gasteiger partial charge in [0.15, 0.2) is 0 Å². The average molecular weight is 318 g/mol. The van der Waals surface area contributed by atoms with Crippen LogP contribution < -0.4 is 5.32 Å². The van der Waals surface area contributed by atoms with Crippen LogP contribution in [0.4, 0.5) is 0 Å². The molecule has 0 saturated carbocycles. The fraction of sp³-hybridized carbons (Fsp3) is 0.333. The predicted octanol–water partition coefficient (Wildman–Crippen LogP) is 3.70. The highest BCUT2D eigenvalue weighted by Crippen LogP contribution is 2.40. The average Bonchev–Trinajstić information content (AvgIpc) is 2.98. The number of hydrogen-bond acceptors (Lipinski definition) is 2. The van der Waals surface area contributed by atoms with Crippen LogP contribution in [0.15, 0.2) is 48.5 Å². The number of aromatic nitrogens is 1. The number of aliphatic hydroxyl groups excluding tert-OH is 1. The lowest BCUT2D eigenvalue weighted by molar-refractivity contribution is 0.220. The summed E-state index contributed by atoms with van der Waals surface area (Å²) in [4.78, 5) is 0. The number of hydrogen-bond donors (Lipinski definition) is 2. The molecule has 0 saturated heterocycles. The number of fused-ring (bicyclic) bond motifs is 3. The van der Waals surface area contributed by atoms with Crippen molar-refractivity contribution in [3.05, 3.63) is 70.9 Å². The molecule has 0 fully saturated rings. The fourth-order valence-electron chi connectivity index (χ4n) is 4.53. The third kappa shape index (κ3) is 2.05. The van der Waals surface area contributed by atoms with Gasteiger partial charge >= 0.3 is 0 Å². The molecule has 2 aliphatic rings. The van der Waals surface area contributed by atoms with Crippen molar-refractivity contribution >= 4 is 10.9 Å². The van der Waals surface area contributed by atoms with E-state index in [2.05, 4.69) is 28.1 Å². The van der Waals surface area contributed by atoms with Gasteiger partial charge in [0.1, 0.15) is 6.10 Å². The van der Waals surface area contributed by atoms with E-state index >= 15 is 0 Å². The molecule has 2 atom stereocenters. The van der Waals surface area contributed by atoms with E-state index in [9.17, 15) is 5.11 Å². The van der Waals surface area contributed by atoms with E-state index in [-0.39, 0.29) is 0 Å². The lowest BCUT2D eigenvalue weighted by atomic mass is 9.90. The molecule has 1 aliphatic carbocycles. The summed E-state index contributed by atoms with van der Waals surface area (Å²) in [7, 11) is 0. The van der Waals surface area contributed by atoms with Crippen LogP contribution in [-0.2, 0) is 13.0 Å². The Morgan fingerprint density at radius 3 is 2.83 bits per heavy atom. The molecule has 3 nitrogen and oxygen atoms in total. The number of benzene rings is 2. The zero-order valence-electron chi connectivity index (χ0n) is 13.7. The zero-order valence-corrected chi connectivity index (χ0v) is 13.7. The van der Waals surface area contributed by atoms with Crippen molar-refractivity contribution in [1.29, 1.82) is 0 Å². The van der Waals surface area contributed by atoms with Crippen LogP contribution in [0, 0.1) is 0 Å². The maximum absolute atomic E-state index is 10.8. The maximum Gasteiger partial charge on any atom is 0.104 e. The van der Waals surface area contributed by atoms with Crippen molar-refractivity contribution in [2.24, 2.45) is 0 Å². The molecule has 1 aromatic heterocycles. The summed E-state index contributed by atoms with van der Waals surface area (Å²) in [6.07, 6.45) is 3.08. The summed E-state index contributed by atoms with van der Waals surface area (Å²) in [5, 5.41) is 15.8. The van der Waals surface area contributed by atoms with Crippen molar-refractivity contribution in [3.63, 3.8) is 0 Å². The highest BCUT2D eigenvalue weighted by Gasteiger charge is 2.30. The van der Waals surface area contributed by atoms with E-state index < -0.39 is 6.10 Å². The molecule has 24 heavy (non-hydrogen) atoms. The Labute approximate surface area is 141 Å². The molecule has 2 N–H and O–H groups in total. The molecule has 3 heteroatoms. The van der Waals surface area contributed by atoms with Gasteiger partial charge < -0.3 is 15.0 Å². The van der Waals surface area contributed by atoms with Crippen molar-refractivity contribution in [3.8, 4) is 0 Å². The largest absolute Gasteiger partial charge is 0.384 e. The number of aliphatic hydroxyl groups is 1. The Hall–Kier alpha value is -2.10. The minimum absolute atomic E-state index is 0.511. The van der Waals surface area contributed by atoms with Crippen LogP contribution in [0.25, 0.3) is 10.9 Å². The Morgan fingerprint density at radius 1 is 1.08 bits per heavy atom. The van der Waals surface area contributed by atoms with Gasteiger partial charge in [-0.15, -0.1) is 0 Å². The van der Waals surface area contributed by atoms with Gasteiger partial charge in [0.25, 0.3) is 0 Å². The second-order valence-electron chi connectivity index (χ2n) is 7.00. The molecule has 0 bridgehead atoms. The first kappa shape index (κ1) is 14.3. The van der Waals surface area contributed by atoms with Gasteiger partial charge in [-0.1, -0.05) is 36.4 Å². The minimum Gasteiger partial charge on any atom is -0.384 e. The Kier molecular flexibility index (Phi) is 3.25. The fourth-order valence-corrected chi connectivity index (χ4v) is 4.53. The minimum atomic E-state index is -0.558. The van der Waals surface area contributed by atoms with E-state index in [1.165, 1.54) is 35.0 Å². The smallest absolute Gasteiger partial charge is 0.104 e. The van der Waals surface area contributed by atoms with E-state index in [0.717, 1.165) is 30.6 Å². The predicted molar refractivity (Wildman–Crippen MR) is 96.1 cm³/mol. The van der Waals surface area contributed by atoms with Crippen LogP contribution in [0.2, 0.25) is 0 Å². The molecular weight excluding hydrogens is 296 g/mol. The monoisotopic (exact) mass is 318 g/mol. The molecule has 3 aromatic rings. The highest BCUT2D eigenvalue weighted by atomic mass is 16.3. The number of aryl methyl sites for hydroxylation is 1. The second kappa shape index (κ2) is 5.47. The maximum atomic E-state index is 10.8. The normalized spacial score (nSPS) is 20.8. The Balaban J connectivity index is 1.67. The molecule has 0 spiro atoms. The molecule has 2 aromatic carbocycles. The van der Waals surface area contributed by atoms with Crippen molar-refractivity contribution in [2.45, 2.75) is 38.0 Å². The van der Waals surface area contributed by atoms with Crippen LogP contribution in [0.1, 0.15) is 47.4 Å². The summed E-state index contributed by atoms with van der Waals surface area (Å²) in [5.41, 5.74) is 6.26. The summed E-state index contributed by atoms with van der Waals surface area (Å²) >= 11 is 0. The topological polar surface area (TPSA) is 37.2 Å². The van der Waals surface area contributed by atoms with Gasteiger partial charge in [-0.3, -0.25) is 0 Å². The van der Waals surface area contributed by atoms with Crippen LogP contribution in [-0.4, -0.2) is 16.2 Å². The second-order valence-corrected chi connectivity index (χ2v) is 7.00. The SMILES string of the molecule is O[C@@H](c1ccccc1)c1ccc2c(c1)c1c3n2CCN[C@H]3CCC1. The van der Waals surface area contributed by atoms with Gasteiger partial charge in [-0.2, -0.15) is 0 Å². The standard InChI is InChI=1S/C21H22N2O/c24-21(14-5-2-1-3-6-14)15-9-10-19-17(13-15)16-7-4-8-18-20(16)23(19)12-11-22-18/h1-3,5-6,9-10,13,18,21-22,24H,4,7-8,11-12H2/t18-,21-/m0/s1. The quantitative estimate of drug-likeness (QED) is 0.756. The number of nitrogens with one attached hydrogen (secondary N) is 1. The number of nitrogens with zero attached hydrogens (tertiary/aromatic N) is 1. The van der Waals surface area contributed by atoms with E-state index in [0.29, 0.717) is 6.04 Å². The van der Waals surface area contributed by atoms with Gasteiger partial charge in [0, 0.05) is 35.7 Å². The zero-order chi connectivity index (χ0) is 16.1. The van der Waals surface area contributed by atoms with Crippen molar-refractivity contribution < 1.29 is 5.11 Å². The van der Waals surface area contributed by atoms with E-state index in [1.54, 1.807) is 0 Å². The first-order valence-electron chi connectivity index (χ1n) is 8.94. The van der Waals surface area contributed by atoms with Gasteiger partial charge in [-0.05, 0) is 48.1 Å². The van der Waals surface area contributed by atoms with Gasteiger partial charge in [0.2, 0.25) is 0 Å². The van der Waals surface area contributed by atoms with Crippen molar-refractivity contribution in [2.75, 3.05) is 6.54 Å². The van der Waals surface area contributed by atoms with E-state index in [1.807, 2.05) is 30.3 Å². The Bertz CT molecular complexity index is 895. The van der Waals surface area contributed by atoms with Crippen LogP contribution in [0.3, 0.4) is 0 Å². The summed E-state index contributed by atoms with van der Waals surface area (Å²) in [6, 6.07) is 16.9. The molecule has 2 heterocycles. The van der Waals surface area contributed by atoms with E-state index in [4.69, 9.17) is 0 Å². The van der Waals surface area contributed by atoms with Gasteiger partial charge in [-0.25, -0.2) is 0 Å². The van der Waals surface area contributed by atoms with Crippen LogP contribution in [0.5, 0.6) is 0 Å². The van der Waals surface area contributed by atoms with Gasteiger partial charge in [0.05, 0.1) is 0 Å². The first-order valence-corrected chi connectivity index (χ1v) is 8.94. The summed E-state index contributed by atoms with van der Waals surface area (Å²) < 4.78 is 2.50. The molecule has 0 unspecified atom stereocenters. The molecule has 0 amide bonds. The first-order chi connectivity index (χ1) is 11.8. The lowest BCUT2D eigenvalue weighted by Gasteiger charge is -2.31. The van der Waals surface area contributed by atoms with Crippen molar-refractivity contribution in [1.82, 2.24) is 9.88 Å². The molecule has 1 aliphatic heterocycles. The molecule has 5 rings (SSSR count). The van der Waals surface area contributed by atoms with Crippen LogP contribution >= 0.6 is 0 Å². The summed E-state index contributed by atoms with van der Waals surface area (Å²) in [5.74, 6) is 0. The Morgan fingerprint density at radius 2 is 1.96 bits per heavy atom. The third-order valence-corrected chi connectivity index (χ3v) is 5.64. The molecule has 0 radical (unpaired) electrons. The number of rotatable bonds is 2. The molecular formula is C21H22N2O. The molecule has 122 valence electrons. The highest BCUT2D eigenvalue weighted by molar-refractivity contribution is 5.87. The third-order valence-electron chi connectivity index (χ3n) is 5.64.